The summed E-state index contributed by atoms with van der Waals surface area (Å²) in [5.41, 5.74) is 10.7. The van der Waals surface area contributed by atoms with Gasteiger partial charge in [-0.05, 0) is 0 Å². The molecule has 0 heterocycles. The van der Waals surface area contributed by atoms with E-state index in [0.717, 1.165) is 11.7 Å². The zero-order valence-corrected chi connectivity index (χ0v) is 40.0. The molecular formula is C60H64B2N4. The maximum absolute atomic E-state index is 3.18. The van der Waals surface area contributed by atoms with Crippen molar-refractivity contribution in [2.75, 3.05) is 56.4 Å². The predicted octanol–water partition coefficient (Wildman–Crippen LogP) is 5.58. The Kier molecular flexibility index (Phi) is 16.9. The van der Waals surface area contributed by atoms with Gasteiger partial charge in [0.2, 0.25) is 0 Å². The molecule has 0 aliphatic carbocycles. The highest BCUT2D eigenvalue weighted by molar-refractivity contribution is 7.20. The first-order valence-electron chi connectivity index (χ1n) is 22.8. The number of benzene rings is 8. The maximum atomic E-state index is 3.18. The van der Waals surface area contributed by atoms with Crippen LogP contribution in [0.15, 0.2) is 243 Å². The van der Waals surface area contributed by atoms with E-state index in [1.807, 2.05) is 75.3 Å². The van der Waals surface area contributed by atoms with E-state index < -0.39 is 12.3 Å². The molecule has 0 fully saturated rings. The lowest BCUT2D eigenvalue weighted by atomic mass is 9.13. The molecule has 0 amide bonds. The van der Waals surface area contributed by atoms with Crippen LogP contribution in [-0.2, 0) is 0 Å². The van der Waals surface area contributed by atoms with Crippen LogP contribution in [0.3, 0.4) is 0 Å². The van der Waals surface area contributed by atoms with Gasteiger partial charge < -0.3 is 0 Å². The molecular weight excluding hydrogens is 798 g/mol. The third-order valence-electron chi connectivity index (χ3n) is 12.4. The zero-order valence-electron chi connectivity index (χ0n) is 40.0. The van der Waals surface area contributed by atoms with Gasteiger partial charge >= 0.3 is 11.7 Å². The molecule has 6 heteroatoms. The van der Waals surface area contributed by atoms with Gasteiger partial charge in [0.25, 0.3) is 0 Å². The highest BCUT2D eigenvalue weighted by atomic mass is 15.2. The highest BCUT2D eigenvalue weighted by Gasteiger charge is 2.32. The van der Waals surface area contributed by atoms with Gasteiger partial charge in [-0.2, -0.15) is 43.7 Å². The molecule has 0 aliphatic rings. The first kappa shape index (κ1) is 47.9. The van der Waals surface area contributed by atoms with E-state index in [4.69, 9.17) is 0 Å². The molecule has 0 aromatic heterocycles. The fourth-order valence-electron chi connectivity index (χ4n) is 9.60. The molecule has 0 radical (unpaired) electrons. The van der Waals surface area contributed by atoms with E-state index >= 15 is 0 Å². The summed E-state index contributed by atoms with van der Waals surface area (Å²) in [6, 6.07) is 87.1. The standard InChI is InChI=1S/2C24H20B.C12H24N4/c2*1-5-13-21(14-6-1)25(22-15-7-2-8-16-22,23-17-9-3-10-18-23)24-19-11-4-12-20-24;1-13(2)11(14(3)4)9-10-12(15(5)6)16(7)8/h2*1-20H;1-8H3/q2*-1;+2. The van der Waals surface area contributed by atoms with Crippen molar-refractivity contribution in [2.24, 2.45) is 0 Å². The van der Waals surface area contributed by atoms with Crippen LogP contribution < -0.4 is 43.7 Å². The van der Waals surface area contributed by atoms with Crippen molar-refractivity contribution < 1.29 is 9.15 Å². The molecule has 0 saturated heterocycles. The second-order valence-electron chi connectivity index (χ2n) is 17.5. The van der Waals surface area contributed by atoms with Crippen LogP contribution in [0.2, 0.25) is 0 Å². The molecule has 8 rings (SSSR count). The number of nitrogens with zero attached hydrogens (tertiary/aromatic N) is 4. The van der Waals surface area contributed by atoms with Gasteiger partial charge in [0.1, 0.15) is 12.3 Å². The lowest BCUT2D eigenvalue weighted by molar-refractivity contribution is -0.468. The van der Waals surface area contributed by atoms with Crippen LogP contribution in [0.5, 0.6) is 0 Å². The molecule has 330 valence electrons. The van der Waals surface area contributed by atoms with Gasteiger partial charge in [-0.15, -0.1) is 0 Å². The zero-order chi connectivity index (χ0) is 46.8. The van der Waals surface area contributed by atoms with Crippen LogP contribution in [0, 0.1) is 11.8 Å². The molecule has 4 nitrogen and oxygen atoms in total. The van der Waals surface area contributed by atoms with Crippen molar-refractivity contribution in [3.05, 3.63) is 243 Å². The predicted molar refractivity (Wildman–Crippen MR) is 289 cm³/mol. The molecule has 0 bridgehead atoms. The third kappa shape index (κ3) is 11.0. The maximum Gasteiger partial charge on any atom is 0.325 e. The minimum atomic E-state index is -1.22. The Hall–Kier alpha value is -7.61. The van der Waals surface area contributed by atoms with Gasteiger partial charge in [-0.3, -0.25) is 19.0 Å². The van der Waals surface area contributed by atoms with E-state index in [0.29, 0.717) is 0 Å². The molecule has 0 aliphatic heterocycles. The fourth-order valence-corrected chi connectivity index (χ4v) is 9.60. The molecule has 0 spiro atoms. The van der Waals surface area contributed by atoms with Crippen LogP contribution in [0.1, 0.15) is 0 Å². The van der Waals surface area contributed by atoms with Crippen molar-refractivity contribution in [3.8, 4) is 11.8 Å². The average Bonchev–Trinajstić information content (AvgIpc) is 3.36. The van der Waals surface area contributed by atoms with Crippen molar-refractivity contribution in [3.63, 3.8) is 0 Å². The fraction of sp³-hybridized carbons (Fsp3) is 0.133. The van der Waals surface area contributed by atoms with E-state index in [1.165, 1.54) is 43.7 Å². The Morgan fingerprint density at radius 3 is 0.515 bits per heavy atom. The number of rotatable bonds is 8. The third-order valence-corrected chi connectivity index (χ3v) is 12.4. The molecule has 0 N–H and O–H groups in total. The number of hydrogen-bond acceptors (Lipinski definition) is 0. The largest absolute Gasteiger partial charge is 0.325 e. The molecule has 0 unspecified atom stereocenters. The van der Waals surface area contributed by atoms with E-state index in [2.05, 4.69) is 254 Å². The summed E-state index contributed by atoms with van der Waals surface area (Å²) in [6.07, 6.45) is -2.43. The lowest BCUT2D eigenvalue weighted by Crippen LogP contribution is -2.74. The Balaban J connectivity index is 0.000000169. The SMILES string of the molecule is CN(C)C(C#CC(N(C)C)=[N+](C)C)=[N+](C)C.c1ccc([B-](c2ccccc2)(c2ccccc2)c2ccccc2)cc1.c1ccc([B-](c2ccccc2)(c2ccccc2)c2ccccc2)cc1. The van der Waals surface area contributed by atoms with E-state index in [-0.39, 0.29) is 0 Å². The molecule has 66 heavy (non-hydrogen) atoms. The monoisotopic (exact) mass is 863 g/mol. The minimum absolute atomic E-state index is 0.987. The normalized spacial score (nSPS) is 10.6. The Morgan fingerprint density at radius 1 is 0.273 bits per heavy atom. The molecule has 0 saturated carbocycles. The highest BCUT2D eigenvalue weighted by Crippen LogP contribution is 2.11. The van der Waals surface area contributed by atoms with Gasteiger partial charge in [0.05, 0.1) is 56.4 Å². The molecule has 8 aromatic carbocycles. The Morgan fingerprint density at radius 2 is 0.409 bits per heavy atom. The van der Waals surface area contributed by atoms with Crippen molar-refractivity contribution >= 4 is 67.7 Å². The van der Waals surface area contributed by atoms with Crippen LogP contribution in [0.25, 0.3) is 0 Å². The Labute approximate surface area is 395 Å². The number of hydrogen-bond donors (Lipinski definition) is 0. The van der Waals surface area contributed by atoms with Gasteiger partial charge in [0, 0.05) is 11.8 Å². The molecule has 8 aromatic rings. The first-order valence-corrected chi connectivity index (χ1v) is 22.8. The summed E-state index contributed by atoms with van der Waals surface area (Å²) in [7, 11) is 16.0. The van der Waals surface area contributed by atoms with Crippen LogP contribution in [0.4, 0.5) is 0 Å². The van der Waals surface area contributed by atoms with Gasteiger partial charge in [-0.1, -0.05) is 243 Å². The summed E-state index contributed by atoms with van der Waals surface area (Å²) in [4.78, 5) is 4.02. The van der Waals surface area contributed by atoms with Crippen molar-refractivity contribution in [1.29, 1.82) is 0 Å². The smallest absolute Gasteiger partial charge is 0.260 e. The second-order valence-corrected chi connectivity index (χ2v) is 17.5. The summed E-state index contributed by atoms with van der Waals surface area (Å²) >= 11 is 0. The second kappa shape index (κ2) is 23.4. The van der Waals surface area contributed by atoms with Crippen molar-refractivity contribution in [2.45, 2.75) is 0 Å². The lowest BCUT2D eigenvalue weighted by Gasteiger charge is -2.44. The summed E-state index contributed by atoms with van der Waals surface area (Å²) in [5.74, 6) is 8.33. The quantitative estimate of drug-likeness (QED) is 0.0652. The minimum Gasteiger partial charge on any atom is -0.260 e. The van der Waals surface area contributed by atoms with Gasteiger partial charge in [-0.25, -0.2) is 0 Å². The van der Waals surface area contributed by atoms with E-state index in [9.17, 15) is 0 Å². The van der Waals surface area contributed by atoms with Gasteiger partial charge in [0.15, 0.2) is 0 Å². The van der Waals surface area contributed by atoms with Crippen molar-refractivity contribution in [1.82, 2.24) is 9.80 Å². The summed E-state index contributed by atoms with van der Waals surface area (Å²) in [5, 5.41) is 0. The first-order chi connectivity index (χ1) is 32.1. The summed E-state index contributed by atoms with van der Waals surface area (Å²) < 4.78 is 4.02. The molecule has 0 atom stereocenters. The van der Waals surface area contributed by atoms with Crippen LogP contribution >= 0.6 is 0 Å². The van der Waals surface area contributed by atoms with Crippen LogP contribution in [-0.4, -0.2) is 99.3 Å². The topological polar surface area (TPSA) is 12.5 Å². The Bertz CT molecular complexity index is 2280. The van der Waals surface area contributed by atoms with E-state index in [1.54, 1.807) is 0 Å². The summed E-state index contributed by atoms with van der Waals surface area (Å²) in [6.45, 7) is 0. The number of amidine groups is 2. The average molecular weight is 863 g/mol.